The van der Waals surface area contributed by atoms with E-state index < -0.39 is 29.4 Å². The summed E-state index contributed by atoms with van der Waals surface area (Å²) in [4.78, 5) is 26.8. The van der Waals surface area contributed by atoms with Gasteiger partial charge in [0.25, 0.3) is 0 Å². The first kappa shape index (κ1) is 24.0. The predicted molar refractivity (Wildman–Crippen MR) is 122 cm³/mol. The second kappa shape index (κ2) is 9.60. The third-order valence-corrected chi connectivity index (χ3v) is 5.70. The number of rotatable bonds is 8. The fraction of sp³-hybridized carbons (Fsp3) is 0.462. The Morgan fingerprint density at radius 2 is 1.82 bits per heavy atom. The molecule has 0 radical (unpaired) electrons. The van der Waals surface area contributed by atoms with Gasteiger partial charge in [0, 0.05) is 29.6 Å². The maximum Gasteiger partial charge on any atom is 0.411 e. The number of hydrogen-bond donors (Lipinski definition) is 1. The van der Waals surface area contributed by atoms with Gasteiger partial charge in [0.2, 0.25) is 5.91 Å². The number of carbonyl (C=O) groups excluding carboxylic acids is 2. The number of amides is 2. The van der Waals surface area contributed by atoms with E-state index in [2.05, 4.69) is 5.32 Å². The van der Waals surface area contributed by atoms with E-state index in [0.717, 1.165) is 24.5 Å². The van der Waals surface area contributed by atoms with Crippen LogP contribution in [-0.2, 0) is 16.1 Å². The first-order valence-electron chi connectivity index (χ1n) is 11.6. The van der Waals surface area contributed by atoms with Crippen LogP contribution in [0.25, 0.3) is 0 Å². The van der Waals surface area contributed by atoms with Crippen LogP contribution < -0.4 is 10.1 Å². The maximum atomic E-state index is 14.7. The SMILES string of the molecule is CC(C)(C)OC(=O)N(CC(=O)NC1CC1)[C@@H]1C[C@H]1c1cc(F)cc(F)c1OCc1ccccc1. The summed E-state index contributed by atoms with van der Waals surface area (Å²) in [6.45, 7) is 5.18. The largest absolute Gasteiger partial charge is 0.486 e. The highest BCUT2D eigenvalue weighted by molar-refractivity contribution is 5.83. The molecule has 2 amide bonds. The highest BCUT2D eigenvalue weighted by Gasteiger charge is 2.48. The molecule has 0 heterocycles. The van der Waals surface area contributed by atoms with Crippen LogP contribution in [0.1, 0.15) is 57.1 Å². The topological polar surface area (TPSA) is 67.9 Å². The minimum absolute atomic E-state index is 0.0377. The predicted octanol–water partition coefficient (Wildman–Crippen LogP) is 4.92. The van der Waals surface area contributed by atoms with E-state index in [0.29, 0.717) is 12.0 Å². The van der Waals surface area contributed by atoms with Crippen LogP contribution in [0, 0.1) is 11.6 Å². The Balaban J connectivity index is 1.54. The van der Waals surface area contributed by atoms with E-state index in [1.54, 1.807) is 20.8 Å². The average Bonchev–Trinajstić information content (AvgIpc) is 3.66. The third-order valence-electron chi connectivity index (χ3n) is 5.70. The summed E-state index contributed by atoms with van der Waals surface area (Å²) < 4.78 is 40.2. The summed E-state index contributed by atoms with van der Waals surface area (Å²) in [6, 6.07) is 11.0. The number of nitrogens with one attached hydrogen (secondary N) is 1. The Bertz CT molecular complexity index is 1050. The highest BCUT2D eigenvalue weighted by Crippen LogP contribution is 2.49. The second-order valence-electron chi connectivity index (χ2n) is 9.94. The molecule has 2 saturated carbocycles. The molecule has 2 aliphatic rings. The lowest BCUT2D eigenvalue weighted by Crippen LogP contribution is -2.45. The van der Waals surface area contributed by atoms with Crippen LogP contribution in [0.15, 0.2) is 42.5 Å². The minimum atomic E-state index is -0.799. The zero-order valence-corrected chi connectivity index (χ0v) is 19.6. The highest BCUT2D eigenvalue weighted by atomic mass is 19.1. The van der Waals surface area contributed by atoms with Crippen molar-refractivity contribution in [3.05, 3.63) is 65.2 Å². The standard InChI is InChI=1S/C26H30F2N2O4/c1-26(2,3)34-25(32)30(14-23(31)29-18-9-10-18)22-13-19(22)20-11-17(27)12-21(28)24(20)33-15-16-7-5-4-6-8-16/h4-8,11-12,18-19,22H,9-10,13-15H2,1-3H3,(H,29,31)/t19-,22+/m0/s1. The molecule has 4 rings (SSSR count). The zero-order valence-electron chi connectivity index (χ0n) is 19.6. The van der Waals surface area contributed by atoms with Crippen LogP contribution >= 0.6 is 0 Å². The van der Waals surface area contributed by atoms with Gasteiger partial charge in [0.15, 0.2) is 11.6 Å². The molecule has 2 aliphatic carbocycles. The summed E-state index contributed by atoms with van der Waals surface area (Å²) in [5.74, 6) is -2.21. The molecule has 0 spiro atoms. The van der Waals surface area contributed by atoms with Crippen LogP contribution in [0.4, 0.5) is 13.6 Å². The fourth-order valence-corrected chi connectivity index (χ4v) is 3.89. The molecule has 8 heteroatoms. The first-order chi connectivity index (χ1) is 16.1. The Morgan fingerprint density at radius 1 is 1.12 bits per heavy atom. The van der Waals surface area contributed by atoms with Gasteiger partial charge in [0.05, 0.1) is 0 Å². The van der Waals surface area contributed by atoms with Crippen molar-refractivity contribution in [2.75, 3.05) is 6.54 Å². The molecule has 6 nitrogen and oxygen atoms in total. The third kappa shape index (κ3) is 6.24. The van der Waals surface area contributed by atoms with E-state index in [1.807, 2.05) is 30.3 Å². The quantitative estimate of drug-likeness (QED) is 0.593. The lowest BCUT2D eigenvalue weighted by Gasteiger charge is -2.27. The summed E-state index contributed by atoms with van der Waals surface area (Å²) in [5.41, 5.74) is 0.438. The molecule has 0 aliphatic heterocycles. The Labute approximate surface area is 198 Å². The summed E-state index contributed by atoms with van der Waals surface area (Å²) >= 11 is 0. The van der Waals surface area contributed by atoms with Gasteiger partial charge in [0.1, 0.15) is 24.6 Å². The van der Waals surface area contributed by atoms with Crippen molar-refractivity contribution in [1.82, 2.24) is 10.2 Å². The molecule has 2 aromatic carbocycles. The molecule has 2 atom stereocenters. The van der Waals surface area contributed by atoms with Crippen molar-refractivity contribution in [2.45, 2.75) is 70.2 Å². The molecule has 0 aromatic heterocycles. The Kier molecular flexibility index (Phi) is 6.77. The molecule has 0 bridgehead atoms. The van der Waals surface area contributed by atoms with Crippen LogP contribution in [-0.4, -0.2) is 41.1 Å². The number of halogens is 2. The normalized spacial score (nSPS) is 19.3. The molecule has 1 N–H and O–H groups in total. The Hall–Kier alpha value is -3.16. The van der Waals surface area contributed by atoms with E-state index >= 15 is 0 Å². The van der Waals surface area contributed by atoms with Gasteiger partial charge in [-0.3, -0.25) is 9.69 Å². The number of nitrogens with zero attached hydrogens (tertiary/aromatic N) is 1. The fourth-order valence-electron chi connectivity index (χ4n) is 3.89. The van der Waals surface area contributed by atoms with Gasteiger partial charge in [-0.1, -0.05) is 30.3 Å². The molecular weight excluding hydrogens is 442 g/mol. The number of hydrogen-bond acceptors (Lipinski definition) is 4. The molecule has 182 valence electrons. The van der Waals surface area contributed by atoms with Crippen LogP contribution in [0.5, 0.6) is 5.75 Å². The molecule has 2 aromatic rings. The molecule has 0 saturated heterocycles. The van der Waals surface area contributed by atoms with Gasteiger partial charge in [-0.25, -0.2) is 13.6 Å². The van der Waals surface area contributed by atoms with E-state index in [-0.39, 0.29) is 36.8 Å². The van der Waals surface area contributed by atoms with Crippen molar-refractivity contribution in [2.24, 2.45) is 0 Å². The van der Waals surface area contributed by atoms with E-state index in [9.17, 15) is 18.4 Å². The molecule has 2 fully saturated rings. The maximum absolute atomic E-state index is 14.7. The van der Waals surface area contributed by atoms with Gasteiger partial charge >= 0.3 is 6.09 Å². The average molecular weight is 473 g/mol. The molecule has 0 unspecified atom stereocenters. The second-order valence-corrected chi connectivity index (χ2v) is 9.94. The van der Waals surface area contributed by atoms with Gasteiger partial charge in [-0.2, -0.15) is 0 Å². The summed E-state index contributed by atoms with van der Waals surface area (Å²) in [6.07, 6.45) is 1.67. The zero-order chi connectivity index (χ0) is 24.5. The lowest BCUT2D eigenvalue weighted by molar-refractivity contribution is -0.122. The Morgan fingerprint density at radius 3 is 2.47 bits per heavy atom. The number of ether oxygens (including phenoxy) is 2. The summed E-state index contributed by atoms with van der Waals surface area (Å²) in [7, 11) is 0. The minimum Gasteiger partial charge on any atom is -0.486 e. The van der Waals surface area contributed by atoms with Crippen molar-refractivity contribution in [1.29, 1.82) is 0 Å². The molecule has 34 heavy (non-hydrogen) atoms. The van der Waals surface area contributed by atoms with E-state index in [1.165, 1.54) is 11.0 Å². The van der Waals surface area contributed by atoms with Gasteiger partial charge in [-0.05, 0) is 51.7 Å². The summed E-state index contributed by atoms with van der Waals surface area (Å²) in [5, 5.41) is 2.87. The van der Waals surface area contributed by atoms with E-state index in [4.69, 9.17) is 9.47 Å². The van der Waals surface area contributed by atoms with Gasteiger partial charge < -0.3 is 14.8 Å². The smallest absolute Gasteiger partial charge is 0.411 e. The first-order valence-corrected chi connectivity index (χ1v) is 11.6. The molecular formula is C26H30F2N2O4. The monoisotopic (exact) mass is 472 g/mol. The number of benzene rings is 2. The van der Waals surface area contributed by atoms with Crippen LogP contribution in [0.2, 0.25) is 0 Å². The van der Waals surface area contributed by atoms with Crippen molar-refractivity contribution >= 4 is 12.0 Å². The van der Waals surface area contributed by atoms with Crippen molar-refractivity contribution in [3.63, 3.8) is 0 Å². The van der Waals surface area contributed by atoms with Crippen molar-refractivity contribution in [3.8, 4) is 5.75 Å². The van der Waals surface area contributed by atoms with Crippen LogP contribution in [0.3, 0.4) is 0 Å². The lowest BCUT2D eigenvalue weighted by atomic mass is 10.1. The number of carbonyl (C=O) groups is 2. The van der Waals surface area contributed by atoms with Crippen molar-refractivity contribution < 1.29 is 27.8 Å². The van der Waals surface area contributed by atoms with Gasteiger partial charge in [-0.15, -0.1) is 0 Å².